The molecule has 0 aromatic carbocycles. The van der Waals surface area contributed by atoms with Gasteiger partial charge in [0.15, 0.2) is 0 Å². The van der Waals surface area contributed by atoms with Crippen LogP contribution >= 0.6 is 0 Å². The highest BCUT2D eigenvalue weighted by molar-refractivity contribution is 7.92. The summed E-state index contributed by atoms with van der Waals surface area (Å²) >= 11 is 0. The number of sulfonamides is 1. The van der Waals surface area contributed by atoms with Crippen LogP contribution in [0.15, 0.2) is 0 Å². The maximum atomic E-state index is 12.0. The fourth-order valence-corrected chi connectivity index (χ4v) is 5.14. The van der Waals surface area contributed by atoms with Crippen molar-refractivity contribution in [3.63, 3.8) is 0 Å². The number of nitrogens with one attached hydrogen (secondary N) is 1. The Morgan fingerprint density at radius 1 is 1.28 bits per heavy atom. The van der Waals surface area contributed by atoms with Crippen LogP contribution < -0.4 is 10.5 Å². The van der Waals surface area contributed by atoms with Gasteiger partial charge in [-0.1, -0.05) is 13.8 Å². The molecule has 0 aromatic heterocycles. The molecule has 3 N–H and O–H groups in total. The Balaban J connectivity index is 2.61. The molecule has 0 unspecified atom stereocenters. The number of hydrogen-bond donors (Lipinski definition) is 2. The van der Waals surface area contributed by atoms with Crippen LogP contribution in [0.4, 0.5) is 0 Å². The van der Waals surface area contributed by atoms with E-state index in [1.54, 1.807) is 0 Å². The highest BCUT2D eigenvalue weighted by Crippen LogP contribution is 2.19. The predicted octanol–water partition coefficient (Wildman–Crippen LogP) is -0.532. The predicted molar refractivity (Wildman–Crippen MR) is 71.4 cm³/mol. The molecule has 8 heteroatoms. The van der Waals surface area contributed by atoms with Crippen molar-refractivity contribution >= 4 is 19.9 Å². The van der Waals surface area contributed by atoms with Gasteiger partial charge in [0.05, 0.1) is 16.8 Å². The SMILES string of the molecule is CC(C)(CN)CNS(=O)(=O)C1CCS(=O)(=O)CC1. The molecule has 0 spiro atoms. The first kappa shape index (κ1) is 15.9. The third kappa shape index (κ3) is 4.49. The summed E-state index contributed by atoms with van der Waals surface area (Å²) < 4.78 is 49.1. The lowest BCUT2D eigenvalue weighted by Crippen LogP contribution is -2.44. The zero-order valence-corrected chi connectivity index (χ0v) is 12.5. The summed E-state index contributed by atoms with van der Waals surface area (Å²) in [4.78, 5) is 0. The molecule has 108 valence electrons. The minimum Gasteiger partial charge on any atom is -0.330 e. The van der Waals surface area contributed by atoms with E-state index in [0.717, 1.165) is 0 Å². The molecule has 6 nitrogen and oxygen atoms in total. The standard InChI is InChI=1S/C10H22N2O4S2/c1-10(2,7-11)8-12-18(15,16)9-3-5-17(13,14)6-4-9/h9,12H,3-8,11H2,1-2H3. The average molecular weight is 298 g/mol. The van der Waals surface area contributed by atoms with Gasteiger partial charge in [-0.05, 0) is 24.8 Å². The summed E-state index contributed by atoms with van der Waals surface area (Å²) in [6, 6.07) is 0. The molecule has 0 radical (unpaired) electrons. The Labute approximate surface area is 109 Å². The van der Waals surface area contributed by atoms with Crippen molar-refractivity contribution in [3.8, 4) is 0 Å². The summed E-state index contributed by atoms with van der Waals surface area (Å²) in [6.45, 7) is 4.41. The van der Waals surface area contributed by atoms with Crippen LogP contribution in [-0.4, -0.2) is 46.7 Å². The minimum absolute atomic E-state index is 0.0428. The zero-order chi connectivity index (χ0) is 14.0. The molecule has 1 saturated heterocycles. The Morgan fingerprint density at radius 2 is 1.78 bits per heavy atom. The van der Waals surface area contributed by atoms with Crippen LogP contribution in [0.5, 0.6) is 0 Å². The smallest absolute Gasteiger partial charge is 0.214 e. The maximum Gasteiger partial charge on any atom is 0.214 e. The lowest BCUT2D eigenvalue weighted by Gasteiger charge is -2.26. The van der Waals surface area contributed by atoms with Crippen molar-refractivity contribution in [1.82, 2.24) is 4.72 Å². The molecule has 0 amide bonds. The number of hydrogen-bond acceptors (Lipinski definition) is 5. The first-order valence-electron chi connectivity index (χ1n) is 5.97. The third-order valence-electron chi connectivity index (χ3n) is 3.24. The van der Waals surface area contributed by atoms with Crippen LogP contribution in [0.3, 0.4) is 0 Å². The van der Waals surface area contributed by atoms with E-state index in [0.29, 0.717) is 6.54 Å². The van der Waals surface area contributed by atoms with Gasteiger partial charge >= 0.3 is 0 Å². The highest BCUT2D eigenvalue weighted by atomic mass is 32.2. The summed E-state index contributed by atoms with van der Waals surface area (Å²) in [5, 5.41) is -0.602. The van der Waals surface area contributed by atoms with E-state index < -0.39 is 25.1 Å². The van der Waals surface area contributed by atoms with Crippen molar-refractivity contribution in [2.45, 2.75) is 31.9 Å². The van der Waals surface area contributed by atoms with E-state index in [2.05, 4.69) is 4.72 Å². The Bertz CT molecular complexity index is 468. The van der Waals surface area contributed by atoms with Crippen molar-refractivity contribution in [3.05, 3.63) is 0 Å². The molecule has 1 fully saturated rings. The van der Waals surface area contributed by atoms with Crippen molar-refractivity contribution in [2.75, 3.05) is 24.6 Å². The molecule has 18 heavy (non-hydrogen) atoms. The molecule has 0 atom stereocenters. The van der Waals surface area contributed by atoms with Gasteiger partial charge in [-0.3, -0.25) is 0 Å². The summed E-state index contributed by atoms with van der Waals surface area (Å²) in [5.74, 6) is -0.0856. The van der Waals surface area contributed by atoms with Crippen LogP contribution in [0.2, 0.25) is 0 Å². The first-order valence-corrected chi connectivity index (χ1v) is 9.34. The van der Waals surface area contributed by atoms with Gasteiger partial charge < -0.3 is 5.73 Å². The molecule has 1 aliphatic rings. The second kappa shape index (κ2) is 5.44. The topological polar surface area (TPSA) is 106 Å². The van der Waals surface area contributed by atoms with Crippen LogP contribution in [0, 0.1) is 5.41 Å². The van der Waals surface area contributed by atoms with Crippen molar-refractivity contribution < 1.29 is 16.8 Å². The molecule has 1 rings (SSSR count). The number of nitrogens with two attached hydrogens (primary N) is 1. The summed E-state index contributed by atoms with van der Waals surface area (Å²) in [6.07, 6.45) is 0.363. The van der Waals surface area contributed by atoms with Crippen LogP contribution in [0.1, 0.15) is 26.7 Å². The Hall–Kier alpha value is -0.180. The second-order valence-electron chi connectivity index (χ2n) is 5.59. The van der Waals surface area contributed by atoms with Gasteiger partial charge in [-0.15, -0.1) is 0 Å². The molecule has 1 aliphatic heterocycles. The highest BCUT2D eigenvalue weighted by Gasteiger charge is 2.33. The molecule has 0 bridgehead atoms. The molecule has 1 heterocycles. The van der Waals surface area contributed by atoms with Gasteiger partial charge in [0.25, 0.3) is 0 Å². The van der Waals surface area contributed by atoms with Crippen molar-refractivity contribution in [1.29, 1.82) is 0 Å². The van der Waals surface area contributed by atoms with E-state index >= 15 is 0 Å². The van der Waals surface area contributed by atoms with Gasteiger partial charge in [-0.25, -0.2) is 21.6 Å². The summed E-state index contributed by atoms with van der Waals surface area (Å²) in [7, 11) is -6.48. The lowest BCUT2D eigenvalue weighted by molar-refractivity contribution is 0.374. The van der Waals surface area contributed by atoms with Gasteiger partial charge in [0, 0.05) is 6.54 Å². The minimum atomic E-state index is -3.45. The molecular weight excluding hydrogens is 276 g/mol. The fourth-order valence-electron chi connectivity index (χ4n) is 1.66. The molecular formula is C10H22N2O4S2. The first-order chi connectivity index (χ1) is 8.08. The van der Waals surface area contributed by atoms with Gasteiger partial charge in [-0.2, -0.15) is 0 Å². The second-order valence-corrected chi connectivity index (χ2v) is 9.93. The third-order valence-corrected chi connectivity index (χ3v) is 6.86. The monoisotopic (exact) mass is 298 g/mol. The number of rotatable bonds is 5. The van der Waals surface area contributed by atoms with Gasteiger partial charge in [0.2, 0.25) is 10.0 Å². The van der Waals surface area contributed by atoms with Gasteiger partial charge in [0.1, 0.15) is 9.84 Å². The van der Waals surface area contributed by atoms with Crippen LogP contribution in [-0.2, 0) is 19.9 Å². The molecule has 0 aliphatic carbocycles. The molecule has 0 aromatic rings. The van der Waals surface area contributed by atoms with E-state index in [4.69, 9.17) is 5.73 Å². The largest absolute Gasteiger partial charge is 0.330 e. The Morgan fingerprint density at radius 3 is 2.22 bits per heavy atom. The normalized spacial score (nSPS) is 21.9. The van der Waals surface area contributed by atoms with E-state index in [1.165, 1.54) is 0 Å². The Kier molecular flexibility index (Phi) is 4.80. The lowest BCUT2D eigenvalue weighted by atomic mass is 9.95. The average Bonchev–Trinajstić information content (AvgIpc) is 2.26. The molecule has 0 saturated carbocycles. The van der Waals surface area contributed by atoms with E-state index in [9.17, 15) is 16.8 Å². The fraction of sp³-hybridized carbons (Fsp3) is 1.00. The maximum absolute atomic E-state index is 12.0. The van der Waals surface area contributed by atoms with E-state index in [-0.39, 0.29) is 36.3 Å². The number of sulfone groups is 1. The zero-order valence-electron chi connectivity index (χ0n) is 10.8. The van der Waals surface area contributed by atoms with E-state index in [1.807, 2.05) is 13.8 Å². The quantitative estimate of drug-likeness (QED) is 0.709. The summed E-state index contributed by atoms with van der Waals surface area (Å²) in [5.41, 5.74) is 5.24. The van der Waals surface area contributed by atoms with Crippen LogP contribution in [0.25, 0.3) is 0 Å². The van der Waals surface area contributed by atoms with Crippen molar-refractivity contribution in [2.24, 2.45) is 11.1 Å².